The molecule has 1 atom stereocenters. The predicted molar refractivity (Wildman–Crippen MR) is 198 cm³/mol. The number of hydrogen-bond donors (Lipinski definition) is 0. The third-order valence-corrected chi connectivity index (χ3v) is 10.7. The standard InChI is InChI=1S/C24BF20.C20H17N2O/c26-5-1(6(27)14(35)21(42)13(5)34)25(2-7(28)15(36)22(43)16(37)8(2)29,3-9(30)17(38)23(44)18(39)10(3)31)4-11(32)19(40)24(45)20(41)12(4)33;1-2-6-16(7-3-1)15-22-13-12-21-14-20(22)23-19-11-10-17-8-4-5-9-18(17)19/h;1-14,19H,15H2/q-1;+1. The van der Waals surface area contributed by atoms with Crippen LogP contribution in [0.5, 0.6) is 5.88 Å². The van der Waals surface area contributed by atoms with E-state index in [1.54, 1.807) is 12.4 Å². The highest BCUT2D eigenvalue weighted by Gasteiger charge is 2.52. The van der Waals surface area contributed by atoms with Gasteiger partial charge in [-0.3, -0.25) is 0 Å². The number of nitrogens with zero attached hydrogens (tertiary/aromatic N) is 2. The van der Waals surface area contributed by atoms with E-state index in [0.29, 0.717) is 0 Å². The van der Waals surface area contributed by atoms with Crippen molar-refractivity contribution < 1.29 is 97.1 Å². The van der Waals surface area contributed by atoms with Crippen LogP contribution >= 0.6 is 0 Å². The Kier molecular flexibility index (Phi) is 13.1. The van der Waals surface area contributed by atoms with Crippen LogP contribution in [0.1, 0.15) is 22.8 Å². The molecule has 24 heteroatoms. The average molecular weight is 980 g/mol. The third kappa shape index (κ3) is 7.63. The molecule has 0 aliphatic heterocycles. The minimum absolute atomic E-state index is 0.0579. The Labute approximate surface area is 366 Å². The van der Waals surface area contributed by atoms with Crippen molar-refractivity contribution in [3.8, 4) is 5.88 Å². The van der Waals surface area contributed by atoms with Crippen molar-refractivity contribution in [1.29, 1.82) is 0 Å². The lowest BCUT2D eigenvalue weighted by Crippen LogP contribution is -2.81. The van der Waals surface area contributed by atoms with E-state index in [9.17, 15) is 52.7 Å². The SMILES string of the molecule is C1=CC(Oc2cncc[n+]2Cc2ccccc2)c2ccccc21.Fc1c(F)c(F)c([B-](c2c(F)c(F)c(F)c(F)c2F)(c2c(F)c(F)c(F)c(F)c2F)c2c(F)c(F)c(F)c(F)c2F)c(F)c1F. The molecule has 1 aliphatic carbocycles. The molecule has 0 saturated heterocycles. The number of fused-ring (bicyclic) bond motifs is 1. The second-order valence-corrected chi connectivity index (χ2v) is 14.4. The van der Waals surface area contributed by atoms with Gasteiger partial charge in [0.2, 0.25) is 0 Å². The van der Waals surface area contributed by atoms with Crippen molar-refractivity contribution in [2.75, 3.05) is 0 Å². The van der Waals surface area contributed by atoms with Gasteiger partial charge in [0.1, 0.15) is 65.0 Å². The summed E-state index contributed by atoms with van der Waals surface area (Å²) < 4.78 is 302. The normalized spacial score (nSPS) is 13.1. The Balaban J connectivity index is 0.000000246. The van der Waals surface area contributed by atoms with Crippen molar-refractivity contribution in [3.05, 3.63) is 212 Å². The molecule has 0 fully saturated rings. The Hall–Kier alpha value is -7.40. The van der Waals surface area contributed by atoms with Crippen molar-refractivity contribution in [3.63, 3.8) is 0 Å². The van der Waals surface area contributed by atoms with Crippen LogP contribution in [0.4, 0.5) is 87.8 Å². The van der Waals surface area contributed by atoms with E-state index < -0.39 is 144 Å². The summed E-state index contributed by atoms with van der Waals surface area (Å²) in [6, 6.07) is 18.7. The zero-order valence-electron chi connectivity index (χ0n) is 32.8. The molecule has 1 heterocycles. The van der Waals surface area contributed by atoms with Gasteiger partial charge in [-0.05, 0) is 11.6 Å². The maximum Gasteiger partial charge on any atom is 0.388 e. The first-order valence-electron chi connectivity index (χ1n) is 18.6. The first kappa shape index (κ1) is 48.5. The number of aromatic nitrogens is 2. The summed E-state index contributed by atoms with van der Waals surface area (Å²) in [7, 11) is 0. The summed E-state index contributed by atoms with van der Waals surface area (Å²) in [4.78, 5) is 4.22. The highest BCUT2D eigenvalue weighted by Crippen LogP contribution is 2.33. The summed E-state index contributed by atoms with van der Waals surface area (Å²) >= 11 is 0. The van der Waals surface area contributed by atoms with E-state index in [0.717, 1.165) is 12.4 Å². The van der Waals surface area contributed by atoms with Crippen LogP contribution in [0.25, 0.3) is 6.08 Å². The molecule has 6 aromatic carbocycles. The van der Waals surface area contributed by atoms with E-state index in [-0.39, 0.29) is 6.10 Å². The number of benzene rings is 6. The maximum absolute atomic E-state index is 15.4. The quantitative estimate of drug-likeness (QED) is 0.0499. The van der Waals surface area contributed by atoms with Gasteiger partial charge in [0.05, 0.1) is 6.20 Å². The minimum atomic E-state index is -7.22. The molecule has 3 nitrogen and oxygen atoms in total. The summed E-state index contributed by atoms with van der Waals surface area (Å²) in [5.74, 6) is -70.6. The fourth-order valence-electron chi connectivity index (χ4n) is 7.71. The summed E-state index contributed by atoms with van der Waals surface area (Å²) in [6.45, 7) is 0.761. The van der Waals surface area contributed by atoms with Gasteiger partial charge in [-0.1, -0.05) is 60.7 Å². The molecule has 7 aromatic rings. The Morgan fingerprint density at radius 1 is 0.426 bits per heavy atom. The monoisotopic (exact) mass is 980 g/mol. The Bertz CT molecular complexity index is 2820. The molecule has 1 aromatic heterocycles. The van der Waals surface area contributed by atoms with Crippen LogP contribution in [-0.4, -0.2) is 11.1 Å². The molecular weight excluding hydrogens is 963 g/mol. The van der Waals surface area contributed by atoms with Crippen LogP contribution < -0.4 is 31.2 Å². The van der Waals surface area contributed by atoms with E-state index in [1.165, 1.54) is 16.7 Å². The van der Waals surface area contributed by atoms with Gasteiger partial charge in [-0.25, -0.2) is 92.8 Å². The first-order valence-corrected chi connectivity index (χ1v) is 18.6. The lowest BCUT2D eigenvalue weighted by molar-refractivity contribution is -0.694. The molecule has 0 spiro atoms. The Morgan fingerprint density at radius 3 is 1.15 bits per heavy atom. The van der Waals surface area contributed by atoms with E-state index in [2.05, 4.69) is 46.0 Å². The summed E-state index contributed by atoms with van der Waals surface area (Å²) in [5, 5.41) is 0. The number of halogens is 20. The van der Waals surface area contributed by atoms with Gasteiger partial charge in [0.15, 0.2) is 82.5 Å². The van der Waals surface area contributed by atoms with Gasteiger partial charge < -0.3 is 4.74 Å². The molecule has 1 unspecified atom stereocenters. The van der Waals surface area contributed by atoms with Crippen molar-refractivity contribution in [2.45, 2.75) is 12.6 Å². The molecule has 0 amide bonds. The van der Waals surface area contributed by atoms with Gasteiger partial charge >= 0.3 is 5.88 Å². The summed E-state index contributed by atoms with van der Waals surface area (Å²) in [5.41, 5.74) is -10.7. The van der Waals surface area contributed by atoms with Gasteiger partial charge in [0.25, 0.3) is 0 Å². The van der Waals surface area contributed by atoms with Crippen LogP contribution in [0, 0.1) is 116 Å². The van der Waals surface area contributed by atoms with E-state index in [4.69, 9.17) is 4.74 Å². The molecule has 8 rings (SSSR count). The average Bonchev–Trinajstić information content (AvgIpc) is 3.75. The zero-order valence-corrected chi connectivity index (χ0v) is 32.8. The highest BCUT2D eigenvalue weighted by molar-refractivity contribution is 7.20. The molecule has 0 saturated carbocycles. The van der Waals surface area contributed by atoms with E-state index >= 15 is 35.1 Å². The fraction of sp³-hybridized carbons (Fsp3) is 0.0455. The zero-order chi connectivity index (χ0) is 49.8. The van der Waals surface area contributed by atoms with Gasteiger partial charge in [-0.2, -0.15) is 4.57 Å². The molecule has 352 valence electrons. The van der Waals surface area contributed by atoms with E-state index in [1.807, 2.05) is 36.5 Å². The third-order valence-electron chi connectivity index (χ3n) is 10.7. The van der Waals surface area contributed by atoms with Gasteiger partial charge in [0, 0.05) is 11.1 Å². The lowest BCUT2D eigenvalue weighted by atomic mass is 9.12. The van der Waals surface area contributed by atoms with Crippen molar-refractivity contribution in [1.82, 2.24) is 4.98 Å². The fourth-order valence-corrected chi connectivity index (χ4v) is 7.71. The van der Waals surface area contributed by atoms with Crippen LogP contribution in [-0.2, 0) is 6.54 Å². The summed E-state index contributed by atoms with van der Waals surface area (Å²) in [6.07, 6.45) is 2.43. The molecular formula is C44H17BF20N2O. The maximum atomic E-state index is 15.4. The Morgan fingerprint density at radius 2 is 0.765 bits per heavy atom. The van der Waals surface area contributed by atoms with Crippen molar-refractivity contribution in [2.24, 2.45) is 0 Å². The number of rotatable bonds is 8. The van der Waals surface area contributed by atoms with Gasteiger partial charge in [-0.15, -0.1) is 21.9 Å². The second kappa shape index (κ2) is 18.4. The van der Waals surface area contributed by atoms with Crippen LogP contribution in [0.15, 0.2) is 79.3 Å². The largest absolute Gasteiger partial charge is 0.431 e. The van der Waals surface area contributed by atoms with Crippen molar-refractivity contribution >= 4 is 34.1 Å². The predicted octanol–water partition coefficient (Wildman–Crippen LogP) is 9.41. The number of hydrogen-bond acceptors (Lipinski definition) is 2. The molecule has 0 bridgehead atoms. The molecule has 1 aliphatic rings. The highest BCUT2D eigenvalue weighted by atomic mass is 19.2. The van der Waals surface area contributed by atoms with Crippen LogP contribution in [0.2, 0.25) is 0 Å². The smallest absolute Gasteiger partial charge is 0.388 e. The first-order chi connectivity index (χ1) is 32.1. The molecule has 68 heavy (non-hydrogen) atoms. The lowest BCUT2D eigenvalue weighted by Gasteiger charge is -2.44. The molecule has 0 N–H and O–H groups in total. The topological polar surface area (TPSA) is 26.0 Å². The molecule has 0 radical (unpaired) electrons. The second-order valence-electron chi connectivity index (χ2n) is 14.4. The minimum Gasteiger partial charge on any atom is -0.431 e. The van der Waals surface area contributed by atoms with Crippen LogP contribution in [0.3, 0.4) is 0 Å². The number of ether oxygens (including phenoxy) is 1.